The summed E-state index contributed by atoms with van der Waals surface area (Å²) in [6.07, 6.45) is -2.15. The number of fused-ring (bicyclic) bond motifs is 1. The summed E-state index contributed by atoms with van der Waals surface area (Å²) in [5, 5.41) is 10.5. The van der Waals surface area contributed by atoms with E-state index in [0.717, 1.165) is 5.56 Å². The van der Waals surface area contributed by atoms with E-state index in [1.165, 1.54) is 6.07 Å². The Balaban J connectivity index is 2.50. The number of esters is 1. The highest BCUT2D eigenvalue weighted by Crippen LogP contribution is 2.31. The molecule has 0 saturated carbocycles. The number of hydrogen-bond acceptors (Lipinski definition) is 3. The fourth-order valence-corrected chi connectivity index (χ4v) is 2.28. The lowest BCUT2D eigenvalue weighted by molar-refractivity contribution is -0.161. The molecule has 0 spiro atoms. The SMILES string of the molecule is CCc1cn(C)c2c(C(=O)OCC(F)(F)F)c(O)ccc12. The van der Waals surface area contributed by atoms with E-state index in [-0.39, 0.29) is 5.56 Å². The summed E-state index contributed by atoms with van der Waals surface area (Å²) in [7, 11) is 1.65. The van der Waals surface area contributed by atoms with Crippen LogP contribution in [0.15, 0.2) is 18.3 Å². The fraction of sp³-hybridized carbons (Fsp3) is 0.357. The van der Waals surface area contributed by atoms with Crippen LogP contribution in [0.2, 0.25) is 0 Å². The Hall–Kier alpha value is -2.18. The molecule has 2 aromatic rings. The lowest BCUT2D eigenvalue weighted by atomic mass is 10.1. The molecule has 0 aliphatic heterocycles. The second kappa shape index (κ2) is 5.31. The van der Waals surface area contributed by atoms with Crippen molar-refractivity contribution in [1.29, 1.82) is 0 Å². The number of hydrogen-bond donors (Lipinski definition) is 1. The first-order chi connectivity index (χ1) is 9.74. The third-order valence-corrected chi connectivity index (χ3v) is 3.16. The maximum atomic E-state index is 12.1. The van der Waals surface area contributed by atoms with Gasteiger partial charge in [0.25, 0.3) is 0 Å². The predicted octanol–water partition coefficient (Wildman–Crippen LogP) is 3.17. The number of carbonyl (C=O) groups excluding carboxylic acids is 1. The summed E-state index contributed by atoms with van der Waals surface area (Å²) in [5.41, 5.74) is 1.04. The van der Waals surface area contributed by atoms with Crippen molar-refractivity contribution in [2.75, 3.05) is 6.61 Å². The molecule has 0 amide bonds. The highest BCUT2D eigenvalue weighted by molar-refractivity contribution is 6.06. The maximum Gasteiger partial charge on any atom is 0.422 e. The highest BCUT2D eigenvalue weighted by atomic mass is 19.4. The summed E-state index contributed by atoms with van der Waals surface area (Å²) >= 11 is 0. The molecule has 1 heterocycles. The van der Waals surface area contributed by atoms with Gasteiger partial charge in [-0.05, 0) is 24.1 Å². The smallest absolute Gasteiger partial charge is 0.422 e. The van der Waals surface area contributed by atoms with Crippen molar-refractivity contribution in [3.8, 4) is 5.75 Å². The lowest BCUT2D eigenvalue weighted by Crippen LogP contribution is -2.20. The number of phenols is 1. The summed E-state index contributed by atoms with van der Waals surface area (Å²) in [5.74, 6) is -1.60. The number of phenolic OH excluding ortho intramolecular Hbond substituents is 1. The van der Waals surface area contributed by atoms with Gasteiger partial charge in [0.2, 0.25) is 0 Å². The molecule has 0 saturated heterocycles. The van der Waals surface area contributed by atoms with Crippen LogP contribution in [0.3, 0.4) is 0 Å². The van der Waals surface area contributed by atoms with Gasteiger partial charge in [-0.15, -0.1) is 0 Å². The second-order valence-corrected chi connectivity index (χ2v) is 4.67. The molecule has 7 heteroatoms. The topological polar surface area (TPSA) is 51.5 Å². The van der Waals surface area contributed by atoms with Crippen molar-refractivity contribution >= 4 is 16.9 Å². The Labute approximate surface area is 118 Å². The molecule has 21 heavy (non-hydrogen) atoms. The first kappa shape index (κ1) is 15.2. The zero-order chi connectivity index (χ0) is 15.8. The van der Waals surface area contributed by atoms with Gasteiger partial charge >= 0.3 is 12.1 Å². The van der Waals surface area contributed by atoms with E-state index in [9.17, 15) is 23.1 Å². The number of benzene rings is 1. The van der Waals surface area contributed by atoms with Crippen LogP contribution >= 0.6 is 0 Å². The van der Waals surface area contributed by atoms with E-state index in [1.54, 1.807) is 23.9 Å². The van der Waals surface area contributed by atoms with Gasteiger partial charge < -0.3 is 14.4 Å². The Morgan fingerprint density at radius 2 is 2.05 bits per heavy atom. The average molecular weight is 301 g/mol. The fourth-order valence-electron chi connectivity index (χ4n) is 2.28. The maximum absolute atomic E-state index is 12.1. The molecule has 0 atom stereocenters. The number of ether oxygens (including phenoxy) is 1. The minimum atomic E-state index is -4.61. The summed E-state index contributed by atoms with van der Waals surface area (Å²) < 4.78 is 42.3. The third-order valence-electron chi connectivity index (χ3n) is 3.16. The number of aryl methyl sites for hydroxylation is 2. The first-order valence-corrected chi connectivity index (χ1v) is 6.28. The molecule has 0 radical (unpaired) electrons. The standard InChI is InChI=1S/C14H14F3NO3/c1-3-8-6-18(2)12-9(8)4-5-10(19)11(12)13(20)21-7-14(15,16)17/h4-6,19H,3,7H2,1-2H3. The monoisotopic (exact) mass is 301 g/mol. The quantitative estimate of drug-likeness (QED) is 0.886. The van der Waals surface area contributed by atoms with Crippen LogP contribution in [-0.4, -0.2) is 28.4 Å². The van der Waals surface area contributed by atoms with Crippen LogP contribution in [0.1, 0.15) is 22.8 Å². The van der Waals surface area contributed by atoms with E-state index < -0.39 is 24.5 Å². The van der Waals surface area contributed by atoms with Crippen LogP contribution < -0.4 is 0 Å². The van der Waals surface area contributed by atoms with Gasteiger partial charge in [0, 0.05) is 18.6 Å². The third kappa shape index (κ3) is 2.96. The van der Waals surface area contributed by atoms with Crippen molar-refractivity contribution in [3.63, 3.8) is 0 Å². The molecule has 0 fully saturated rings. The number of nitrogens with zero attached hydrogens (tertiary/aromatic N) is 1. The van der Waals surface area contributed by atoms with Crippen molar-refractivity contribution in [1.82, 2.24) is 4.57 Å². The Bertz CT molecular complexity index is 689. The van der Waals surface area contributed by atoms with Gasteiger partial charge in [0.15, 0.2) is 6.61 Å². The molecular weight excluding hydrogens is 287 g/mol. The molecular formula is C14H14F3NO3. The number of halogens is 3. The van der Waals surface area contributed by atoms with E-state index in [2.05, 4.69) is 4.74 Å². The number of aromatic nitrogens is 1. The van der Waals surface area contributed by atoms with Gasteiger partial charge in [-0.1, -0.05) is 6.92 Å². The van der Waals surface area contributed by atoms with Crippen LogP contribution in [-0.2, 0) is 18.2 Å². The highest BCUT2D eigenvalue weighted by Gasteiger charge is 2.31. The van der Waals surface area contributed by atoms with Gasteiger partial charge in [0.05, 0.1) is 5.52 Å². The Morgan fingerprint density at radius 3 is 2.62 bits per heavy atom. The molecule has 1 aromatic heterocycles. The molecule has 4 nitrogen and oxygen atoms in total. The molecule has 1 aromatic carbocycles. The number of rotatable bonds is 3. The van der Waals surface area contributed by atoms with E-state index >= 15 is 0 Å². The predicted molar refractivity (Wildman–Crippen MR) is 70.3 cm³/mol. The Kier molecular flexibility index (Phi) is 3.85. The van der Waals surface area contributed by atoms with Crippen molar-refractivity contribution in [2.24, 2.45) is 7.05 Å². The van der Waals surface area contributed by atoms with Crippen LogP contribution in [0.5, 0.6) is 5.75 Å². The number of carbonyl (C=O) groups is 1. The molecule has 0 aliphatic rings. The number of alkyl halides is 3. The van der Waals surface area contributed by atoms with Crippen molar-refractivity contribution in [2.45, 2.75) is 19.5 Å². The van der Waals surface area contributed by atoms with Crippen molar-refractivity contribution < 1.29 is 27.8 Å². The molecule has 114 valence electrons. The first-order valence-electron chi connectivity index (χ1n) is 6.28. The normalized spacial score (nSPS) is 11.9. The van der Waals surface area contributed by atoms with Gasteiger partial charge in [-0.3, -0.25) is 0 Å². The van der Waals surface area contributed by atoms with Crippen LogP contribution in [0.4, 0.5) is 13.2 Å². The lowest BCUT2D eigenvalue weighted by Gasteiger charge is -2.10. The molecule has 2 rings (SSSR count). The second-order valence-electron chi connectivity index (χ2n) is 4.67. The van der Waals surface area contributed by atoms with Crippen LogP contribution in [0, 0.1) is 0 Å². The van der Waals surface area contributed by atoms with E-state index in [1.807, 2.05) is 6.92 Å². The summed E-state index contributed by atoms with van der Waals surface area (Å²) in [6, 6.07) is 2.91. The zero-order valence-electron chi connectivity index (χ0n) is 11.5. The summed E-state index contributed by atoms with van der Waals surface area (Å²) in [6.45, 7) is 0.232. The van der Waals surface area contributed by atoms with Gasteiger partial charge in [-0.25, -0.2) is 4.79 Å². The molecule has 0 bridgehead atoms. The van der Waals surface area contributed by atoms with Gasteiger partial charge in [0.1, 0.15) is 11.3 Å². The average Bonchev–Trinajstić information content (AvgIpc) is 2.72. The van der Waals surface area contributed by atoms with Gasteiger partial charge in [-0.2, -0.15) is 13.2 Å². The van der Waals surface area contributed by atoms with E-state index in [4.69, 9.17) is 0 Å². The largest absolute Gasteiger partial charge is 0.507 e. The zero-order valence-corrected chi connectivity index (χ0v) is 11.5. The molecule has 0 aliphatic carbocycles. The minimum Gasteiger partial charge on any atom is -0.507 e. The van der Waals surface area contributed by atoms with Crippen molar-refractivity contribution in [3.05, 3.63) is 29.5 Å². The molecule has 0 unspecified atom stereocenters. The van der Waals surface area contributed by atoms with Crippen LogP contribution in [0.25, 0.3) is 10.9 Å². The Morgan fingerprint density at radius 1 is 1.38 bits per heavy atom. The number of aromatic hydroxyl groups is 1. The minimum absolute atomic E-state index is 0.251. The summed E-state index contributed by atoms with van der Waals surface area (Å²) in [4.78, 5) is 11.9. The molecule has 1 N–H and O–H groups in total. The van der Waals surface area contributed by atoms with E-state index in [0.29, 0.717) is 17.3 Å².